The molecule has 0 amide bonds. The van der Waals surface area contributed by atoms with Crippen molar-refractivity contribution in [2.45, 2.75) is 49.8 Å². The second-order valence-corrected chi connectivity index (χ2v) is 6.59. The molecule has 1 nitrogen and oxygen atoms in total. The molecule has 1 fully saturated rings. The quantitative estimate of drug-likeness (QED) is 0.888. The predicted octanol–water partition coefficient (Wildman–Crippen LogP) is 3.90. The summed E-state index contributed by atoms with van der Waals surface area (Å²) in [5.41, 5.74) is 6.13. The van der Waals surface area contributed by atoms with E-state index in [1.54, 1.807) is 0 Å². The van der Waals surface area contributed by atoms with Crippen molar-refractivity contribution in [1.29, 1.82) is 0 Å². The molecule has 2 N–H and O–H groups in total. The van der Waals surface area contributed by atoms with Gasteiger partial charge < -0.3 is 5.73 Å². The van der Waals surface area contributed by atoms with Crippen LogP contribution in [0.4, 0.5) is 8.78 Å². The Bertz CT molecular complexity index is 385. The molecular weight excluding hydrogens is 264 g/mol. The molecule has 0 saturated heterocycles. The normalized spacial score (nSPS) is 18.5. The molecule has 0 bridgehead atoms. The maximum atomic E-state index is 13.5. The van der Waals surface area contributed by atoms with E-state index in [1.165, 1.54) is 50.3 Å². The number of halogens is 2. The molecule has 1 aliphatic rings. The Kier molecular flexibility index (Phi) is 5.64. The van der Waals surface area contributed by atoms with Crippen LogP contribution in [0, 0.1) is 11.6 Å². The van der Waals surface area contributed by atoms with Crippen LogP contribution in [0.3, 0.4) is 0 Å². The number of nitrogens with two attached hydrogens (primary N) is 1. The van der Waals surface area contributed by atoms with Gasteiger partial charge in [0.1, 0.15) is 11.6 Å². The SMILES string of the molecule is NC(CSC1CCCCC1)Cc1c(F)cccc1F. The third-order valence-corrected chi connectivity index (χ3v) is 5.19. The highest BCUT2D eigenvalue weighted by atomic mass is 32.2. The van der Waals surface area contributed by atoms with Gasteiger partial charge in [0.15, 0.2) is 0 Å². The minimum atomic E-state index is -0.488. The third kappa shape index (κ3) is 4.46. The predicted molar refractivity (Wildman–Crippen MR) is 77.4 cm³/mol. The van der Waals surface area contributed by atoms with Gasteiger partial charge in [-0.3, -0.25) is 0 Å². The number of hydrogen-bond acceptors (Lipinski definition) is 2. The lowest BCUT2D eigenvalue weighted by Crippen LogP contribution is -2.28. The maximum Gasteiger partial charge on any atom is 0.129 e. The monoisotopic (exact) mass is 285 g/mol. The van der Waals surface area contributed by atoms with Gasteiger partial charge >= 0.3 is 0 Å². The molecule has 0 spiro atoms. The Balaban J connectivity index is 1.82. The lowest BCUT2D eigenvalue weighted by Gasteiger charge is -2.22. The van der Waals surface area contributed by atoms with Crippen molar-refractivity contribution in [2.24, 2.45) is 5.73 Å². The average Bonchev–Trinajstić information content (AvgIpc) is 2.42. The van der Waals surface area contributed by atoms with Crippen molar-refractivity contribution in [1.82, 2.24) is 0 Å². The summed E-state index contributed by atoms with van der Waals surface area (Å²) < 4.78 is 27.0. The fourth-order valence-corrected chi connectivity index (χ4v) is 3.84. The first kappa shape index (κ1) is 14.8. The second-order valence-electron chi connectivity index (χ2n) is 5.26. The molecule has 2 rings (SSSR count). The van der Waals surface area contributed by atoms with Crippen LogP contribution in [-0.4, -0.2) is 17.0 Å². The summed E-state index contributed by atoms with van der Waals surface area (Å²) in [6.45, 7) is 0. The van der Waals surface area contributed by atoms with E-state index in [2.05, 4.69) is 0 Å². The summed E-state index contributed by atoms with van der Waals surface area (Å²) in [6.07, 6.45) is 6.72. The van der Waals surface area contributed by atoms with Gasteiger partial charge in [0, 0.05) is 22.6 Å². The molecule has 1 aromatic carbocycles. The van der Waals surface area contributed by atoms with E-state index in [-0.39, 0.29) is 18.0 Å². The molecule has 1 aliphatic carbocycles. The van der Waals surface area contributed by atoms with Crippen molar-refractivity contribution in [3.8, 4) is 0 Å². The lowest BCUT2D eigenvalue weighted by molar-refractivity contribution is 0.514. The highest BCUT2D eigenvalue weighted by Crippen LogP contribution is 2.28. The van der Waals surface area contributed by atoms with E-state index in [4.69, 9.17) is 5.73 Å². The van der Waals surface area contributed by atoms with Gasteiger partial charge in [-0.25, -0.2) is 8.78 Å². The van der Waals surface area contributed by atoms with Gasteiger partial charge in [0.2, 0.25) is 0 Å². The van der Waals surface area contributed by atoms with E-state index in [0.717, 1.165) is 5.75 Å². The highest BCUT2D eigenvalue weighted by molar-refractivity contribution is 7.99. The van der Waals surface area contributed by atoms with Crippen molar-refractivity contribution in [3.05, 3.63) is 35.4 Å². The Morgan fingerprint density at radius 2 is 1.79 bits per heavy atom. The van der Waals surface area contributed by atoms with Crippen LogP contribution in [0.2, 0.25) is 0 Å². The molecule has 19 heavy (non-hydrogen) atoms. The standard InChI is InChI=1S/C15H21F2NS/c16-14-7-4-8-15(17)13(14)9-11(18)10-19-12-5-2-1-3-6-12/h4,7-8,11-12H,1-3,5-6,9-10,18H2. The molecule has 1 aromatic rings. The molecule has 0 radical (unpaired) electrons. The molecule has 1 unspecified atom stereocenters. The average molecular weight is 285 g/mol. The van der Waals surface area contributed by atoms with Crippen molar-refractivity contribution in [2.75, 3.05) is 5.75 Å². The fourth-order valence-electron chi connectivity index (χ4n) is 2.54. The minimum Gasteiger partial charge on any atom is -0.327 e. The summed E-state index contributed by atoms with van der Waals surface area (Å²) in [5.74, 6) is -0.199. The third-order valence-electron chi connectivity index (χ3n) is 3.63. The first-order valence-electron chi connectivity index (χ1n) is 6.97. The van der Waals surface area contributed by atoms with Crippen molar-refractivity contribution >= 4 is 11.8 Å². The first-order valence-corrected chi connectivity index (χ1v) is 8.01. The van der Waals surface area contributed by atoms with Gasteiger partial charge in [-0.1, -0.05) is 25.3 Å². The smallest absolute Gasteiger partial charge is 0.129 e. The maximum absolute atomic E-state index is 13.5. The molecule has 106 valence electrons. The molecule has 1 atom stereocenters. The van der Waals surface area contributed by atoms with Crippen LogP contribution in [-0.2, 0) is 6.42 Å². The first-order chi connectivity index (χ1) is 9.16. The summed E-state index contributed by atoms with van der Waals surface area (Å²) in [6, 6.07) is 3.79. The Hall–Kier alpha value is -0.610. The van der Waals surface area contributed by atoms with Gasteiger partial charge in [-0.2, -0.15) is 11.8 Å². The molecule has 4 heteroatoms. The number of benzene rings is 1. The van der Waals surface area contributed by atoms with Gasteiger partial charge in [-0.05, 0) is 31.4 Å². The van der Waals surface area contributed by atoms with Crippen LogP contribution in [0.15, 0.2) is 18.2 Å². The Labute approximate surface area is 118 Å². The molecule has 0 aromatic heterocycles. The molecule has 0 heterocycles. The number of thioether (sulfide) groups is 1. The zero-order chi connectivity index (χ0) is 13.7. The van der Waals surface area contributed by atoms with E-state index >= 15 is 0 Å². The highest BCUT2D eigenvalue weighted by Gasteiger charge is 2.17. The fraction of sp³-hybridized carbons (Fsp3) is 0.600. The van der Waals surface area contributed by atoms with Crippen LogP contribution in [0.5, 0.6) is 0 Å². The van der Waals surface area contributed by atoms with Crippen LogP contribution in [0.1, 0.15) is 37.7 Å². The minimum absolute atomic E-state index is 0.124. The summed E-state index contributed by atoms with van der Waals surface area (Å²) in [4.78, 5) is 0. The van der Waals surface area contributed by atoms with E-state index < -0.39 is 11.6 Å². The van der Waals surface area contributed by atoms with Crippen LogP contribution >= 0.6 is 11.8 Å². The van der Waals surface area contributed by atoms with Gasteiger partial charge in [0.25, 0.3) is 0 Å². The van der Waals surface area contributed by atoms with E-state index in [0.29, 0.717) is 5.25 Å². The van der Waals surface area contributed by atoms with Crippen molar-refractivity contribution < 1.29 is 8.78 Å². The summed E-state index contributed by atoms with van der Waals surface area (Å²) >= 11 is 1.87. The summed E-state index contributed by atoms with van der Waals surface area (Å²) in [7, 11) is 0. The van der Waals surface area contributed by atoms with Gasteiger partial charge in [0.05, 0.1) is 0 Å². The molecular formula is C15H21F2NS. The zero-order valence-corrected chi connectivity index (χ0v) is 11.9. The topological polar surface area (TPSA) is 26.0 Å². The summed E-state index contributed by atoms with van der Waals surface area (Å²) in [5, 5.41) is 0.685. The van der Waals surface area contributed by atoms with Crippen LogP contribution in [0.25, 0.3) is 0 Å². The second kappa shape index (κ2) is 7.25. The van der Waals surface area contributed by atoms with E-state index in [9.17, 15) is 8.78 Å². The van der Waals surface area contributed by atoms with E-state index in [1.807, 2.05) is 11.8 Å². The molecule has 1 saturated carbocycles. The largest absolute Gasteiger partial charge is 0.327 e. The number of hydrogen-bond donors (Lipinski definition) is 1. The molecule has 0 aliphatic heterocycles. The number of rotatable bonds is 5. The zero-order valence-electron chi connectivity index (χ0n) is 11.1. The van der Waals surface area contributed by atoms with Gasteiger partial charge in [-0.15, -0.1) is 0 Å². The van der Waals surface area contributed by atoms with Crippen LogP contribution < -0.4 is 5.73 Å². The lowest BCUT2D eigenvalue weighted by atomic mass is 10.0. The Morgan fingerprint density at radius 3 is 2.42 bits per heavy atom. The van der Waals surface area contributed by atoms with Crippen molar-refractivity contribution in [3.63, 3.8) is 0 Å². The Morgan fingerprint density at radius 1 is 1.16 bits per heavy atom.